The van der Waals surface area contributed by atoms with E-state index in [1.165, 1.54) is 13.2 Å². The van der Waals surface area contributed by atoms with Crippen LogP contribution in [0.1, 0.15) is 37.5 Å². The van der Waals surface area contributed by atoms with Gasteiger partial charge in [-0.05, 0) is 46.4 Å². The molecule has 1 unspecified atom stereocenters. The minimum atomic E-state index is -2.18. The average molecular weight is 373 g/mol. The number of ether oxygens (including phenoxy) is 2. The van der Waals surface area contributed by atoms with Gasteiger partial charge in [0.05, 0.1) is 7.11 Å². The summed E-state index contributed by atoms with van der Waals surface area (Å²) in [5, 5.41) is 11.3. The third-order valence-electron chi connectivity index (χ3n) is 4.37. The van der Waals surface area contributed by atoms with E-state index >= 15 is 0 Å². The van der Waals surface area contributed by atoms with Gasteiger partial charge in [-0.1, -0.05) is 50.6 Å². The number of carbonyl (C=O) groups excluding carboxylic acids is 1. The lowest BCUT2D eigenvalue weighted by Gasteiger charge is -2.31. The Morgan fingerprint density at radius 3 is 2.38 bits per heavy atom. The van der Waals surface area contributed by atoms with Crippen molar-refractivity contribution in [2.24, 2.45) is 0 Å². The molecule has 1 N–H and O–H groups in total. The van der Waals surface area contributed by atoms with E-state index in [0.29, 0.717) is 16.3 Å². The molecule has 1 heterocycles. The average Bonchev–Trinajstić information content (AvgIpc) is 2.59. The molecule has 0 saturated carbocycles. The highest BCUT2D eigenvalue weighted by atomic mass is 35.5. The zero-order valence-electron chi connectivity index (χ0n) is 15.2. The topological polar surface area (TPSA) is 55.8 Å². The number of hydrogen-bond acceptors (Lipinski definition) is 4. The number of methoxy groups -OCH3 is 1. The van der Waals surface area contributed by atoms with Crippen molar-refractivity contribution in [2.75, 3.05) is 7.11 Å². The van der Waals surface area contributed by atoms with Gasteiger partial charge in [-0.2, -0.15) is 0 Å². The number of fused-ring (bicyclic) bond motifs is 1. The van der Waals surface area contributed by atoms with Crippen molar-refractivity contribution in [3.63, 3.8) is 0 Å². The predicted octanol–water partition coefficient (Wildman–Crippen LogP) is 4.32. The van der Waals surface area contributed by atoms with Crippen LogP contribution in [0.25, 0.3) is 5.57 Å². The molecule has 136 valence electrons. The van der Waals surface area contributed by atoms with E-state index in [1.807, 2.05) is 24.3 Å². The molecule has 1 aliphatic heterocycles. The van der Waals surface area contributed by atoms with Crippen LogP contribution in [-0.4, -0.2) is 24.0 Å². The van der Waals surface area contributed by atoms with Crippen LogP contribution in [-0.2, 0) is 14.9 Å². The summed E-state index contributed by atoms with van der Waals surface area (Å²) in [5.74, 6) is -2.65. The normalized spacial score (nSPS) is 19.2. The third kappa shape index (κ3) is 3.35. The fourth-order valence-corrected chi connectivity index (χ4v) is 3.01. The molecule has 0 fully saturated rings. The van der Waals surface area contributed by atoms with Crippen LogP contribution in [0.2, 0.25) is 5.02 Å². The van der Waals surface area contributed by atoms with Crippen LogP contribution < -0.4 is 4.74 Å². The summed E-state index contributed by atoms with van der Waals surface area (Å²) in [6.07, 6.45) is 1.39. The molecule has 0 aromatic heterocycles. The van der Waals surface area contributed by atoms with E-state index in [1.54, 1.807) is 18.2 Å². The molecule has 0 bridgehead atoms. The molecular formula is C21H21ClO4. The van der Waals surface area contributed by atoms with Gasteiger partial charge >= 0.3 is 11.8 Å². The Kier molecular flexibility index (Phi) is 4.59. The highest BCUT2D eigenvalue weighted by molar-refractivity contribution is 6.30. The number of rotatable bonds is 2. The Hall–Kier alpha value is -2.30. The number of halogens is 1. The summed E-state index contributed by atoms with van der Waals surface area (Å²) in [6, 6.07) is 12.9. The van der Waals surface area contributed by atoms with Crippen molar-refractivity contribution in [1.82, 2.24) is 0 Å². The molecule has 4 nitrogen and oxygen atoms in total. The lowest BCUT2D eigenvalue weighted by Crippen LogP contribution is -2.45. The van der Waals surface area contributed by atoms with Crippen molar-refractivity contribution in [3.05, 3.63) is 70.3 Å². The number of carbonyl (C=O) groups is 1. The number of hydrogen-bond donors (Lipinski definition) is 1. The maximum absolute atomic E-state index is 12.1. The summed E-state index contributed by atoms with van der Waals surface area (Å²) >= 11 is 6.00. The predicted molar refractivity (Wildman–Crippen MR) is 101 cm³/mol. The maximum atomic E-state index is 12.1. The zero-order valence-corrected chi connectivity index (χ0v) is 15.9. The second-order valence-electron chi connectivity index (χ2n) is 7.32. The minimum Gasteiger partial charge on any atom is -0.464 e. The molecule has 0 spiro atoms. The Morgan fingerprint density at radius 2 is 1.81 bits per heavy atom. The molecule has 0 amide bonds. The monoisotopic (exact) mass is 372 g/mol. The summed E-state index contributed by atoms with van der Waals surface area (Å²) in [6.45, 7) is 6.36. The van der Waals surface area contributed by atoms with Gasteiger partial charge in [0.1, 0.15) is 5.75 Å². The fourth-order valence-electron chi connectivity index (χ4n) is 2.88. The Bertz CT molecular complexity index is 878. The molecule has 3 rings (SSSR count). The number of benzene rings is 2. The van der Waals surface area contributed by atoms with Gasteiger partial charge in [0.2, 0.25) is 0 Å². The van der Waals surface area contributed by atoms with Gasteiger partial charge in [0, 0.05) is 16.7 Å². The summed E-state index contributed by atoms with van der Waals surface area (Å²) in [7, 11) is 1.21. The van der Waals surface area contributed by atoms with Crippen LogP contribution in [0.3, 0.4) is 0 Å². The SMILES string of the molecule is COC(=O)C1(O)C=C(c2ccc(Cl)cc2)c2cc(C(C)(C)C)ccc2O1. The highest BCUT2D eigenvalue weighted by Crippen LogP contribution is 2.41. The smallest absolute Gasteiger partial charge is 0.383 e. The Balaban J connectivity index is 2.22. The summed E-state index contributed by atoms with van der Waals surface area (Å²) < 4.78 is 10.3. The fraction of sp³-hybridized carbons (Fsp3) is 0.286. The molecule has 0 radical (unpaired) electrons. The molecule has 1 aliphatic rings. The van der Waals surface area contributed by atoms with Crippen LogP contribution in [0.4, 0.5) is 0 Å². The minimum absolute atomic E-state index is 0.0593. The maximum Gasteiger partial charge on any atom is 0.383 e. The zero-order chi connectivity index (χ0) is 19.1. The number of esters is 1. The molecule has 0 saturated heterocycles. The second-order valence-corrected chi connectivity index (χ2v) is 7.75. The van der Waals surface area contributed by atoms with Crippen LogP contribution in [0.5, 0.6) is 5.75 Å². The van der Waals surface area contributed by atoms with E-state index in [4.69, 9.17) is 21.1 Å². The summed E-state index contributed by atoms with van der Waals surface area (Å²) in [4.78, 5) is 12.1. The molecule has 5 heteroatoms. The Labute approximate surface area is 158 Å². The van der Waals surface area contributed by atoms with Crippen LogP contribution >= 0.6 is 11.6 Å². The van der Waals surface area contributed by atoms with Gasteiger partial charge < -0.3 is 14.6 Å². The van der Waals surface area contributed by atoms with Crippen molar-refractivity contribution < 1.29 is 19.4 Å². The van der Waals surface area contributed by atoms with Crippen molar-refractivity contribution in [1.29, 1.82) is 0 Å². The Morgan fingerprint density at radius 1 is 1.15 bits per heavy atom. The quantitative estimate of drug-likeness (QED) is 0.797. The first-order chi connectivity index (χ1) is 12.1. The molecule has 0 aliphatic carbocycles. The van der Waals surface area contributed by atoms with Crippen molar-refractivity contribution in [3.8, 4) is 5.75 Å². The standard InChI is InChI=1S/C21H21ClO4/c1-20(2,3)14-7-10-18-16(11-14)17(13-5-8-15(22)9-6-13)12-21(24,26-18)19(23)25-4/h5-12,24H,1-4H3. The van der Waals surface area contributed by atoms with E-state index < -0.39 is 11.8 Å². The molecule has 26 heavy (non-hydrogen) atoms. The van der Waals surface area contributed by atoms with Gasteiger partial charge in [0.15, 0.2) is 0 Å². The first-order valence-electron chi connectivity index (χ1n) is 8.27. The second kappa shape index (κ2) is 6.45. The lowest BCUT2D eigenvalue weighted by atomic mass is 9.83. The molecule has 2 aromatic rings. The largest absolute Gasteiger partial charge is 0.464 e. The first kappa shape index (κ1) is 18.5. The molecule has 1 atom stereocenters. The van der Waals surface area contributed by atoms with Gasteiger partial charge in [-0.15, -0.1) is 0 Å². The molecular weight excluding hydrogens is 352 g/mol. The van der Waals surface area contributed by atoms with Crippen LogP contribution in [0.15, 0.2) is 48.5 Å². The lowest BCUT2D eigenvalue weighted by molar-refractivity contribution is -0.183. The van der Waals surface area contributed by atoms with Gasteiger partial charge in [-0.3, -0.25) is 0 Å². The van der Waals surface area contributed by atoms with Gasteiger partial charge in [-0.25, -0.2) is 4.79 Å². The first-order valence-corrected chi connectivity index (χ1v) is 8.65. The van der Waals surface area contributed by atoms with Crippen molar-refractivity contribution in [2.45, 2.75) is 32.0 Å². The van der Waals surface area contributed by atoms with E-state index in [0.717, 1.165) is 16.7 Å². The van der Waals surface area contributed by atoms with Gasteiger partial charge in [0.25, 0.3) is 0 Å². The van der Waals surface area contributed by atoms with E-state index in [2.05, 4.69) is 20.8 Å². The third-order valence-corrected chi connectivity index (χ3v) is 4.63. The van der Waals surface area contributed by atoms with E-state index in [9.17, 15) is 9.90 Å². The van der Waals surface area contributed by atoms with E-state index in [-0.39, 0.29) is 5.41 Å². The highest BCUT2D eigenvalue weighted by Gasteiger charge is 2.42. The number of aliphatic hydroxyl groups is 1. The van der Waals surface area contributed by atoms with Crippen LogP contribution in [0, 0.1) is 0 Å². The van der Waals surface area contributed by atoms with Crippen molar-refractivity contribution >= 4 is 23.1 Å². The summed E-state index contributed by atoms with van der Waals surface area (Å²) in [5.41, 5.74) is 3.35. The molecule has 2 aromatic carbocycles.